The maximum Gasteiger partial charge on any atom is 0.263 e. The maximum absolute atomic E-state index is 11.8. The van der Waals surface area contributed by atoms with Gasteiger partial charge in [-0.2, -0.15) is 0 Å². The van der Waals surface area contributed by atoms with Gasteiger partial charge >= 0.3 is 0 Å². The van der Waals surface area contributed by atoms with E-state index in [4.69, 9.17) is 17.2 Å². The second-order valence-electron chi connectivity index (χ2n) is 5.94. The molecular weight excluding hydrogens is 396 g/mol. The van der Waals surface area contributed by atoms with E-state index in [9.17, 15) is 4.79 Å². The number of nitrogens with one attached hydrogen (secondary N) is 2. The Hall–Kier alpha value is -2.29. The molecule has 3 aromatic heterocycles. The van der Waals surface area contributed by atoms with Gasteiger partial charge in [0.15, 0.2) is 5.65 Å². The van der Waals surface area contributed by atoms with Gasteiger partial charge in [-0.25, -0.2) is 9.97 Å². The number of fused-ring (bicyclic) bond motifs is 1. The lowest BCUT2D eigenvalue weighted by Gasteiger charge is -2.08. The molecule has 0 radical (unpaired) electrons. The zero-order valence-corrected chi connectivity index (χ0v) is 16.9. The highest BCUT2D eigenvalue weighted by atomic mass is 32.2. The van der Waals surface area contributed by atoms with Crippen molar-refractivity contribution in [1.29, 1.82) is 0 Å². The number of hydrogen-bond acceptors (Lipinski definition) is 7. The molecule has 136 valence electrons. The lowest BCUT2D eigenvalue weighted by molar-refractivity contribution is -0.115. The predicted molar refractivity (Wildman–Crippen MR) is 118 cm³/mol. The van der Waals surface area contributed by atoms with E-state index >= 15 is 0 Å². The molecule has 4 rings (SSSR count). The van der Waals surface area contributed by atoms with Gasteiger partial charge in [-0.05, 0) is 36.8 Å². The smallest absolute Gasteiger partial charge is 0.263 e. The van der Waals surface area contributed by atoms with Crippen LogP contribution in [0.25, 0.3) is 28.4 Å². The average Bonchev–Trinajstić information content (AvgIpc) is 3.26. The molecule has 27 heavy (non-hydrogen) atoms. The number of anilines is 1. The topological polar surface area (TPSA) is 66.9 Å². The van der Waals surface area contributed by atoms with Gasteiger partial charge in [-0.15, -0.1) is 11.3 Å². The van der Waals surface area contributed by atoms with Crippen LogP contribution in [0.15, 0.2) is 40.7 Å². The fourth-order valence-corrected chi connectivity index (χ4v) is 4.66. The molecule has 1 saturated heterocycles. The molecule has 1 fully saturated rings. The Kier molecular flexibility index (Phi) is 5.20. The van der Waals surface area contributed by atoms with Crippen molar-refractivity contribution >= 4 is 68.3 Å². The summed E-state index contributed by atoms with van der Waals surface area (Å²) in [6, 6.07) is 8.06. The summed E-state index contributed by atoms with van der Waals surface area (Å²) in [5, 5.41) is 9.09. The second kappa shape index (κ2) is 7.75. The maximum atomic E-state index is 11.8. The zero-order valence-electron chi connectivity index (χ0n) is 14.5. The van der Waals surface area contributed by atoms with Crippen molar-refractivity contribution in [2.45, 2.75) is 13.3 Å². The Morgan fingerprint density at radius 1 is 1.33 bits per heavy atom. The summed E-state index contributed by atoms with van der Waals surface area (Å²) in [7, 11) is 0. The van der Waals surface area contributed by atoms with Crippen LogP contribution < -0.4 is 10.6 Å². The number of aromatic nitrogens is 2. The molecule has 0 spiro atoms. The molecule has 1 aliphatic rings. The highest BCUT2D eigenvalue weighted by Gasteiger charge is 2.22. The van der Waals surface area contributed by atoms with Crippen LogP contribution in [-0.2, 0) is 4.79 Å². The van der Waals surface area contributed by atoms with Gasteiger partial charge in [0.2, 0.25) is 0 Å². The molecule has 0 saturated carbocycles. The third-order valence-electron chi connectivity index (χ3n) is 4.00. The molecule has 0 aliphatic carbocycles. The summed E-state index contributed by atoms with van der Waals surface area (Å²) in [6.07, 6.45) is 4.70. The average molecular weight is 413 g/mol. The summed E-state index contributed by atoms with van der Waals surface area (Å²) >= 11 is 7.88. The Labute approximate surface area is 170 Å². The number of carbonyl (C=O) groups is 1. The van der Waals surface area contributed by atoms with Crippen LogP contribution >= 0.6 is 35.3 Å². The van der Waals surface area contributed by atoms with Gasteiger partial charge in [-0.1, -0.05) is 30.9 Å². The Bertz CT molecular complexity index is 1070. The molecule has 4 heterocycles. The molecule has 0 aromatic carbocycles. The number of thiocarbonyl (C=S) groups is 1. The first-order valence-corrected chi connectivity index (χ1v) is 10.6. The lowest BCUT2D eigenvalue weighted by Crippen LogP contribution is -2.17. The van der Waals surface area contributed by atoms with Crippen molar-refractivity contribution in [3.8, 4) is 11.3 Å². The third-order valence-corrected chi connectivity index (χ3v) is 6.04. The van der Waals surface area contributed by atoms with E-state index < -0.39 is 0 Å². The van der Waals surface area contributed by atoms with Gasteiger partial charge in [0.25, 0.3) is 5.91 Å². The standard InChI is InChI=1S/C19H16N4OS3/c1-2-6-20-15-5-7-21-17-13(15)3-4-14(22-17)11-8-12(26-10-11)9-16-18(24)23-19(25)27-16/h3-5,7-10H,2,6H2,1H3,(H,20,21,22)(H,23,24,25). The van der Waals surface area contributed by atoms with Gasteiger partial charge in [0, 0.05) is 39.6 Å². The zero-order chi connectivity index (χ0) is 18.8. The van der Waals surface area contributed by atoms with E-state index in [2.05, 4.69) is 28.6 Å². The highest BCUT2D eigenvalue weighted by molar-refractivity contribution is 8.26. The SMILES string of the molecule is CCCNc1ccnc2nc(-c3csc(C=C4SC(=S)NC4=O)c3)ccc12. The van der Waals surface area contributed by atoms with Gasteiger partial charge in [0.05, 0.1) is 10.6 Å². The summed E-state index contributed by atoms with van der Waals surface area (Å²) < 4.78 is 0.498. The molecule has 0 bridgehead atoms. The highest BCUT2D eigenvalue weighted by Crippen LogP contribution is 2.31. The van der Waals surface area contributed by atoms with Crippen molar-refractivity contribution in [3.63, 3.8) is 0 Å². The number of thioether (sulfide) groups is 1. The third kappa shape index (κ3) is 3.87. The van der Waals surface area contributed by atoms with Crippen molar-refractivity contribution in [1.82, 2.24) is 15.3 Å². The van der Waals surface area contributed by atoms with E-state index in [1.54, 1.807) is 17.5 Å². The van der Waals surface area contributed by atoms with Gasteiger partial charge in [0.1, 0.15) is 4.32 Å². The Morgan fingerprint density at radius 2 is 2.22 bits per heavy atom. The first-order valence-electron chi connectivity index (χ1n) is 8.47. The monoisotopic (exact) mass is 412 g/mol. The number of pyridine rings is 2. The van der Waals surface area contributed by atoms with Crippen LogP contribution in [0.3, 0.4) is 0 Å². The number of nitrogens with zero attached hydrogens (tertiary/aromatic N) is 2. The molecule has 5 nitrogen and oxygen atoms in total. The van der Waals surface area contributed by atoms with E-state index in [1.165, 1.54) is 11.8 Å². The quantitative estimate of drug-likeness (QED) is 0.469. The number of amides is 1. The van der Waals surface area contributed by atoms with E-state index in [0.29, 0.717) is 9.23 Å². The normalized spacial score (nSPS) is 15.5. The molecule has 3 aromatic rings. The Balaban J connectivity index is 1.63. The summed E-state index contributed by atoms with van der Waals surface area (Å²) in [5.74, 6) is -0.139. The van der Waals surface area contributed by atoms with Crippen LogP contribution in [0.5, 0.6) is 0 Å². The summed E-state index contributed by atoms with van der Waals surface area (Å²) in [4.78, 5) is 22.5. The fourth-order valence-electron chi connectivity index (χ4n) is 2.72. The van der Waals surface area contributed by atoms with E-state index in [0.717, 1.165) is 45.8 Å². The molecule has 0 atom stereocenters. The van der Waals surface area contributed by atoms with Crippen LogP contribution in [0.2, 0.25) is 0 Å². The molecule has 2 N–H and O–H groups in total. The van der Waals surface area contributed by atoms with E-state index in [1.807, 2.05) is 29.7 Å². The molecule has 1 aliphatic heterocycles. The largest absolute Gasteiger partial charge is 0.384 e. The minimum absolute atomic E-state index is 0.139. The second-order valence-corrected chi connectivity index (χ2v) is 8.60. The lowest BCUT2D eigenvalue weighted by atomic mass is 10.1. The van der Waals surface area contributed by atoms with E-state index in [-0.39, 0.29) is 5.91 Å². The van der Waals surface area contributed by atoms with Crippen molar-refractivity contribution in [2.24, 2.45) is 0 Å². The Morgan fingerprint density at radius 3 is 3.00 bits per heavy atom. The number of rotatable bonds is 5. The predicted octanol–water partition coefficient (Wildman–Crippen LogP) is 4.67. The van der Waals surface area contributed by atoms with Gasteiger partial charge < -0.3 is 10.6 Å². The fraction of sp³-hybridized carbons (Fsp3) is 0.158. The van der Waals surface area contributed by atoms with Crippen molar-refractivity contribution in [3.05, 3.63) is 45.6 Å². The summed E-state index contributed by atoms with van der Waals surface area (Å²) in [5.41, 5.74) is 3.64. The molecular formula is C19H16N4OS3. The van der Waals surface area contributed by atoms with Crippen molar-refractivity contribution in [2.75, 3.05) is 11.9 Å². The molecule has 1 amide bonds. The van der Waals surface area contributed by atoms with Crippen LogP contribution in [0.4, 0.5) is 5.69 Å². The first-order chi connectivity index (χ1) is 13.1. The summed E-state index contributed by atoms with van der Waals surface area (Å²) in [6.45, 7) is 3.05. The minimum Gasteiger partial charge on any atom is -0.384 e. The number of hydrogen-bond donors (Lipinski definition) is 2. The molecule has 8 heteroatoms. The minimum atomic E-state index is -0.139. The first kappa shape index (κ1) is 18.1. The van der Waals surface area contributed by atoms with Gasteiger partial charge in [-0.3, -0.25) is 4.79 Å². The van der Waals surface area contributed by atoms with Crippen LogP contribution in [0, 0.1) is 0 Å². The number of carbonyl (C=O) groups excluding carboxylic acids is 1. The molecule has 0 unspecified atom stereocenters. The number of thiophene rings is 1. The van der Waals surface area contributed by atoms with Crippen molar-refractivity contribution < 1.29 is 4.79 Å². The van der Waals surface area contributed by atoms with Crippen LogP contribution in [-0.4, -0.2) is 26.7 Å². The van der Waals surface area contributed by atoms with Crippen LogP contribution in [0.1, 0.15) is 18.2 Å².